The molecular formula is C11H20O5. The maximum Gasteiger partial charge on any atom is 0.333 e. The molecule has 0 bridgehead atoms. The fourth-order valence-electron chi connectivity index (χ4n) is 0.874. The van der Waals surface area contributed by atoms with Gasteiger partial charge >= 0.3 is 5.97 Å². The molecule has 16 heavy (non-hydrogen) atoms. The molecule has 0 aromatic rings. The minimum absolute atomic E-state index is 0.0247. The number of rotatable bonds is 7. The van der Waals surface area contributed by atoms with Crippen LogP contribution in [0, 0.1) is 0 Å². The van der Waals surface area contributed by atoms with Crippen molar-refractivity contribution < 1.29 is 24.9 Å². The zero-order valence-electron chi connectivity index (χ0n) is 9.72. The molecule has 0 saturated heterocycles. The summed E-state index contributed by atoms with van der Waals surface area (Å²) in [5, 5.41) is 26.8. The summed E-state index contributed by atoms with van der Waals surface area (Å²) in [6.07, 6.45) is 0.734. The fourth-order valence-corrected chi connectivity index (χ4v) is 0.874. The molecule has 5 heteroatoms. The topological polar surface area (TPSA) is 87.0 Å². The summed E-state index contributed by atoms with van der Waals surface area (Å²) in [5.74, 6) is -0.516. The zero-order chi connectivity index (χ0) is 12.6. The summed E-state index contributed by atoms with van der Waals surface area (Å²) in [5.41, 5.74) is 0.357. The Kier molecular flexibility index (Phi) is 7.80. The Bertz CT molecular complexity index is 237. The van der Waals surface area contributed by atoms with E-state index in [1.54, 1.807) is 13.8 Å². The summed E-state index contributed by atoms with van der Waals surface area (Å²) in [6, 6.07) is 0. The SMILES string of the molecule is CCC(O)COC(=O)C(C)=CCC(O)CO. The predicted molar refractivity (Wildman–Crippen MR) is 58.7 cm³/mol. The van der Waals surface area contributed by atoms with Crippen LogP contribution in [0.1, 0.15) is 26.7 Å². The second-order valence-corrected chi connectivity index (χ2v) is 3.62. The van der Waals surface area contributed by atoms with E-state index in [9.17, 15) is 9.90 Å². The van der Waals surface area contributed by atoms with E-state index >= 15 is 0 Å². The van der Waals surface area contributed by atoms with Gasteiger partial charge in [0.2, 0.25) is 0 Å². The van der Waals surface area contributed by atoms with Crippen molar-refractivity contribution in [3.05, 3.63) is 11.6 Å². The molecular weight excluding hydrogens is 212 g/mol. The largest absolute Gasteiger partial charge is 0.460 e. The lowest BCUT2D eigenvalue weighted by Crippen LogP contribution is -2.18. The van der Waals surface area contributed by atoms with E-state index in [0.29, 0.717) is 12.0 Å². The van der Waals surface area contributed by atoms with Crippen LogP contribution in [0.2, 0.25) is 0 Å². The number of carbonyl (C=O) groups is 1. The van der Waals surface area contributed by atoms with Crippen molar-refractivity contribution in [1.29, 1.82) is 0 Å². The summed E-state index contributed by atoms with van der Waals surface area (Å²) < 4.78 is 4.82. The second kappa shape index (κ2) is 8.27. The van der Waals surface area contributed by atoms with Crippen LogP contribution in [0.5, 0.6) is 0 Å². The highest BCUT2D eigenvalue weighted by molar-refractivity contribution is 5.87. The average Bonchev–Trinajstić information content (AvgIpc) is 2.31. The molecule has 0 aliphatic rings. The van der Waals surface area contributed by atoms with Crippen LogP contribution in [0.3, 0.4) is 0 Å². The highest BCUT2D eigenvalue weighted by Gasteiger charge is 2.09. The molecule has 2 unspecified atom stereocenters. The van der Waals surface area contributed by atoms with Crippen molar-refractivity contribution in [3.8, 4) is 0 Å². The number of hydrogen-bond donors (Lipinski definition) is 3. The van der Waals surface area contributed by atoms with Gasteiger partial charge in [0.05, 0.1) is 18.8 Å². The quantitative estimate of drug-likeness (QED) is 0.424. The maximum absolute atomic E-state index is 11.3. The van der Waals surface area contributed by atoms with Crippen LogP contribution >= 0.6 is 0 Å². The Morgan fingerprint density at radius 1 is 1.38 bits per heavy atom. The molecule has 0 amide bonds. The predicted octanol–water partition coefficient (Wildman–Crippen LogP) is -0.00990. The maximum atomic E-state index is 11.3. The smallest absolute Gasteiger partial charge is 0.333 e. The van der Waals surface area contributed by atoms with Crippen molar-refractivity contribution in [2.75, 3.05) is 13.2 Å². The Hall–Kier alpha value is -0.910. The lowest BCUT2D eigenvalue weighted by Gasteiger charge is -2.09. The molecule has 0 saturated carbocycles. The minimum Gasteiger partial charge on any atom is -0.460 e. The van der Waals surface area contributed by atoms with Crippen LogP contribution in [0.15, 0.2) is 11.6 Å². The summed E-state index contributed by atoms with van der Waals surface area (Å²) in [4.78, 5) is 11.3. The van der Waals surface area contributed by atoms with Gasteiger partial charge in [-0.05, 0) is 19.8 Å². The third kappa shape index (κ3) is 6.55. The van der Waals surface area contributed by atoms with Gasteiger partial charge in [-0.2, -0.15) is 0 Å². The lowest BCUT2D eigenvalue weighted by atomic mass is 10.2. The van der Waals surface area contributed by atoms with Gasteiger partial charge in [0, 0.05) is 5.57 Å². The second-order valence-electron chi connectivity index (χ2n) is 3.62. The van der Waals surface area contributed by atoms with E-state index in [1.807, 2.05) is 0 Å². The zero-order valence-corrected chi connectivity index (χ0v) is 9.72. The van der Waals surface area contributed by atoms with Crippen molar-refractivity contribution in [2.24, 2.45) is 0 Å². The first kappa shape index (κ1) is 15.1. The summed E-state index contributed by atoms with van der Waals surface area (Å²) >= 11 is 0. The van der Waals surface area contributed by atoms with Gasteiger partial charge < -0.3 is 20.1 Å². The van der Waals surface area contributed by atoms with E-state index in [0.717, 1.165) is 0 Å². The molecule has 0 radical (unpaired) electrons. The number of aliphatic hydroxyl groups excluding tert-OH is 3. The van der Waals surface area contributed by atoms with E-state index in [1.165, 1.54) is 6.08 Å². The molecule has 0 fully saturated rings. The van der Waals surface area contributed by atoms with Crippen LogP contribution in [0.25, 0.3) is 0 Å². The van der Waals surface area contributed by atoms with Gasteiger partial charge in [0.25, 0.3) is 0 Å². The Morgan fingerprint density at radius 3 is 2.50 bits per heavy atom. The van der Waals surface area contributed by atoms with Gasteiger partial charge in [-0.3, -0.25) is 0 Å². The van der Waals surface area contributed by atoms with Crippen LogP contribution in [0.4, 0.5) is 0 Å². The van der Waals surface area contributed by atoms with Crippen molar-refractivity contribution in [2.45, 2.75) is 38.9 Å². The standard InChI is InChI=1S/C11H20O5/c1-3-9(13)7-16-11(15)8(2)4-5-10(14)6-12/h4,9-10,12-14H,3,5-7H2,1-2H3. The van der Waals surface area contributed by atoms with Gasteiger partial charge in [0.1, 0.15) is 6.61 Å². The van der Waals surface area contributed by atoms with Crippen LogP contribution in [-0.2, 0) is 9.53 Å². The Balaban J connectivity index is 3.98. The first-order chi connectivity index (χ1) is 7.51. The van der Waals surface area contributed by atoms with Crippen molar-refractivity contribution in [3.63, 3.8) is 0 Å². The molecule has 0 aromatic heterocycles. The Morgan fingerprint density at radius 2 is 2.00 bits per heavy atom. The highest BCUT2D eigenvalue weighted by Crippen LogP contribution is 2.02. The molecule has 94 valence electrons. The monoisotopic (exact) mass is 232 g/mol. The van der Waals surface area contributed by atoms with Gasteiger partial charge in [-0.25, -0.2) is 4.79 Å². The van der Waals surface area contributed by atoms with Crippen molar-refractivity contribution in [1.82, 2.24) is 0 Å². The molecule has 5 nitrogen and oxygen atoms in total. The molecule has 0 rings (SSSR count). The molecule has 3 N–H and O–H groups in total. The van der Waals surface area contributed by atoms with E-state index < -0.39 is 18.2 Å². The number of hydrogen-bond acceptors (Lipinski definition) is 5. The molecule has 0 aliphatic carbocycles. The summed E-state index contributed by atoms with van der Waals surface area (Å²) in [7, 11) is 0. The third-order valence-electron chi connectivity index (χ3n) is 2.11. The number of esters is 1. The molecule has 0 spiro atoms. The van der Waals surface area contributed by atoms with E-state index in [-0.39, 0.29) is 19.6 Å². The highest BCUT2D eigenvalue weighted by atomic mass is 16.5. The molecule has 2 atom stereocenters. The van der Waals surface area contributed by atoms with E-state index in [4.69, 9.17) is 14.9 Å². The molecule has 0 aliphatic heterocycles. The first-order valence-corrected chi connectivity index (χ1v) is 5.32. The fraction of sp³-hybridized carbons (Fsp3) is 0.727. The van der Waals surface area contributed by atoms with Gasteiger partial charge in [-0.1, -0.05) is 13.0 Å². The Labute approximate surface area is 95.4 Å². The van der Waals surface area contributed by atoms with Crippen LogP contribution in [-0.4, -0.2) is 46.7 Å². The lowest BCUT2D eigenvalue weighted by molar-refractivity contribution is -0.141. The van der Waals surface area contributed by atoms with E-state index in [2.05, 4.69) is 0 Å². The summed E-state index contributed by atoms with van der Waals surface area (Å²) in [6.45, 7) is 2.99. The number of carbonyl (C=O) groups excluding carboxylic acids is 1. The van der Waals surface area contributed by atoms with Gasteiger partial charge in [0.15, 0.2) is 0 Å². The number of ether oxygens (including phenoxy) is 1. The molecule has 0 heterocycles. The third-order valence-corrected chi connectivity index (χ3v) is 2.11. The molecule has 0 aromatic carbocycles. The first-order valence-electron chi connectivity index (χ1n) is 5.32. The van der Waals surface area contributed by atoms with Gasteiger partial charge in [-0.15, -0.1) is 0 Å². The van der Waals surface area contributed by atoms with Crippen LogP contribution < -0.4 is 0 Å². The minimum atomic E-state index is -0.857. The number of aliphatic hydroxyl groups is 3. The average molecular weight is 232 g/mol. The van der Waals surface area contributed by atoms with Crippen molar-refractivity contribution >= 4 is 5.97 Å². The normalized spacial score (nSPS) is 15.7.